The predicted molar refractivity (Wildman–Crippen MR) is 65.1 cm³/mol. The molecule has 0 aromatic carbocycles. The zero-order valence-electron chi connectivity index (χ0n) is 9.65. The van der Waals surface area contributed by atoms with Crippen molar-refractivity contribution in [1.82, 2.24) is 4.98 Å². The number of rotatable bonds is 4. The van der Waals surface area contributed by atoms with Crippen LogP contribution in [0.25, 0.3) is 6.08 Å². The van der Waals surface area contributed by atoms with Crippen LogP contribution < -0.4 is 0 Å². The van der Waals surface area contributed by atoms with E-state index in [9.17, 15) is 4.79 Å². The molecule has 0 N–H and O–H groups in total. The first kappa shape index (κ1) is 12.1. The Bertz CT molecular complexity index is 363. The molecular formula is C12H17NOS. The highest BCUT2D eigenvalue weighted by Crippen LogP contribution is 2.24. The average molecular weight is 223 g/mol. The summed E-state index contributed by atoms with van der Waals surface area (Å²) in [5, 5.41) is 0. The van der Waals surface area contributed by atoms with Crippen LogP contribution in [0.4, 0.5) is 0 Å². The maximum Gasteiger partial charge on any atom is 0.158 e. The SMILES string of the molecule is CC(C)C(=O)/C=C/c1ncsc1C(C)C. The lowest BCUT2D eigenvalue weighted by atomic mass is 10.1. The monoisotopic (exact) mass is 223 g/mol. The summed E-state index contributed by atoms with van der Waals surface area (Å²) in [6, 6.07) is 0. The highest BCUT2D eigenvalue weighted by molar-refractivity contribution is 7.09. The second kappa shape index (κ2) is 5.21. The minimum atomic E-state index is 0.0578. The Morgan fingerprint density at radius 1 is 1.40 bits per heavy atom. The van der Waals surface area contributed by atoms with Gasteiger partial charge in [0.2, 0.25) is 0 Å². The molecule has 0 bridgehead atoms. The van der Waals surface area contributed by atoms with Crippen molar-refractivity contribution < 1.29 is 4.79 Å². The molecule has 0 atom stereocenters. The van der Waals surface area contributed by atoms with Crippen molar-refractivity contribution in [2.24, 2.45) is 5.92 Å². The van der Waals surface area contributed by atoms with Gasteiger partial charge in [0.05, 0.1) is 11.2 Å². The molecule has 0 amide bonds. The van der Waals surface area contributed by atoms with Crippen LogP contribution in [-0.4, -0.2) is 10.8 Å². The van der Waals surface area contributed by atoms with E-state index in [-0.39, 0.29) is 11.7 Å². The molecule has 0 unspecified atom stereocenters. The molecule has 0 saturated carbocycles. The molecule has 0 spiro atoms. The van der Waals surface area contributed by atoms with E-state index in [4.69, 9.17) is 0 Å². The second-order valence-corrected chi connectivity index (χ2v) is 5.03. The number of carbonyl (C=O) groups is 1. The molecule has 1 rings (SSSR count). The number of thiazole rings is 1. The fraction of sp³-hybridized carbons (Fsp3) is 0.500. The van der Waals surface area contributed by atoms with Gasteiger partial charge in [0.25, 0.3) is 0 Å². The first-order chi connectivity index (χ1) is 7.02. The Hall–Kier alpha value is -0.960. The summed E-state index contributed by atoms with van der Waals surface area (Å²) in [6.07, 6.45) is 3.46. The summed E-state index contributed by atoms with van der Waals surface area (Å²) in [4.78, 5) is 16.9. The maximum atomic E-state index is 11.4. The van der Waals surface area contributed by atoms with E-state index in [1.807, 2.05) is 25.4 Å². The van der Waals surface area contributed by atoms with Crippen LogP contribution in [0.1, 0.15) is 44.2 Å². The molecular weight excluding hydrogens is 206 g/mol. The van der Waals surface area contributed by atoms with Crippen molar-refractivity contribution in [3.8, 4) is 0 Å². The van der Waals surface area contributed by atoms with E-state index in [1.54, 1.807) is 17.4 Å². The van der Waals surface area contributed by atoms with Crippen molar-refractivity contribution in [1.29, 1.82) is 0 Å². The van der Waals surface area contributed by atoms with E-state index in [0.29, 0.717) is 5.92 Å². The van der Waals surface area contributed by atoms with E-state index in [0.717, 1.165) is 5.69 Å². The summed E-state index contributed by atoms with van der Waals surface area (Å²) in [6.45, 7) is 8.07. The van der Waals surface area contributed by atoms with Crippen molar-refractivity contribution in [3.63, 3.8) is 0 Å². The number of ketones is 1. The summed E-state index contributed by atoms with van der Waals surface area (Å²) in [5.74, 6) is 0.673. The molecule has 0 saturated heterocycles. The minimum absolute atomic E-state index is 0.0578. The van der Waals surface area contributed by atoms with E-state index >= 15 is 0 Å². The van der Waals surface area contributed by atoms with Crippen LogP contribution >= 0.6 is 11.3 Å². The Morgan fingerprint density at radius 3 is 2.60 bits per heavy atom. The normalized spacial score (nSPS) is 11.9. The summed E-state index contributed by atoms with van der Waals surface area (Å²) in [7, 11) is 0. The third-order valence-electron chi connectivity index (χ3n) is 2.12. The van der Waals surface area contributed by atoms with Gasteiger partial charge >= 0.3 is 0 Å². The molecule has 1 aromatic heterocycles. The van der Waals surface area contributed by atoms with Gasteiger partial charge in [0.15, 0.2) is 5.78 Å². The third kappa shape index (κ3) is 3.27. The molecule has 0 aliphatic carbocycles. The van der Waals surface area contributed by atoms with Gasteiger partial charge in [-0.15, -0.1) is 11.3 Å². The third-order valence-corrected chi connectivity index (χ3v) is 3.27. The van der Waals surface area contributed by atoms with Crippen molar-refractivity contribution in [2.75, 3.05) is 0 Å². The molecule has 1 aromatic rings. The van der Waals surface area contributed by atoms with Crippen LogP contribution in [0.3, 0.4) is 0 Å². The lowest BCUT2D eigenvalue weighted by Gasteiger charge is -2.01. The van der Waals surface area contributed by atoms with Gasteiger partial charge in [-0.05, 0) is 18.1 Å². The zero-order valence-corrected chi connectivity index (χ0v) is 10.5. The van der Waals surface area contributed by atoms with Gasteiger partial charge < -0.3 is 0 Å². The van der Waals surface area contributed by atoms with Crippen LogP contribution in [0, 0.1) is 5.92 Å². The smallest absolute Gasteiger partial charge is 0.158 e. The number of hydrogen-bond acceptors (Lipinski definition) is 3. The van der Waals surface area contributed by atoms with Gasteiger partial charge in [-0.25, -0.2) is 4.98 Å². The maximum absolute atomic E-state index is 11.4. The van der Waals surface area contributed by atoms with Crippen molar-refractivity contribution in [2.45, 2.75) is 33.6 Å². The lowest BCUT2D eigenvalue weighted by Crippen LogP contribution is -2.02. The van der Waals surface area contributed by atoms with Gasteiger partial charge in [-0.3, -0.25) is 4.79 Å². The Balaban J connectivity index is 2.81. The zero-order chi connectivity index (χ0) is 11.4. The predicted octanol–water partition coefficient (Wildman–Crippen LogP) is 3.50. The van der Waals surface area contributed by atoms with Gasteiger partial charge in [0.1, 0.15) is 0 Å². The van der Waals surface area contributed by atoms with Crippen LogP contribution in [0.15, 0.2) is 11.6 Å². The Labute approximate surface area is 95.0 Å². The Kier molecular flexibility index (Phi) is 4.21. The average Bonchev–Trinajstić information content (AvgIpc) is 2.61. The molecule has 2 nitrogen and oxygen atoms in total. The minimum Gasteiger partial charge on any atom is -0.295 e. The summed E-state index contributed by atoms with van der Waals surface area (Å²) >= 11 is 1.64. The van der Waals surface area contributed by atoms with E-state index in [1.165, 1.54) is 4.88 Å². The topological polar surface area (TPSA) is 30.0 Å². The van der Waals surface area contributed by atoms with Crippen molar-refractivity contribution >= 4 is 23.2 Å². The number of nitrogens with zero attached hydrogens (tertiary/aromatic N) is 1. The number of carbonyl (C=O) groups excluding carboxylic acids is 1. The summed E-state index contributed by atoms with van der Waals surface area (Å²) < 4.78 is 0. The van der Waals surface area contributed by atoms with Crippen LogP contribution in [0.2, 0.25) is 0 Å². The molecule has 0 aliphatic rings. The molecule has 1 heterocycles. The van der Waals surface area contributed by atoms with Crippen LogP contribution in [-0.2, 0) is 4.79 Å². The lowest BCUT2D eigenvalue weighted by molar-refractivity contribution is -0.117. The molecule has 15 heavy (non-hydrogen) atoms. The molecule has 0 fully saturated rings. The molecule has 0 radical (unpaired) electrons. The number of allylic oxidation sites excluding steroid dienone is 1. The molecule has 0 aliphatic heterocycles. The van der Waals surface area contributed by atoms with E-state index in [2.05, 4.69) is 18.8 Å². The van der Waals surface area contributed by atoms with E-state index < -0.39 is 0 Å². The second-order valence-electron chi connectivity index (χ2n) is 4.15. The number of aromatic nitrogens is 1. The quantitative estimate of drug-likeness (QED) is 0.731. The highest BCUT2D eigenvalue weighted by Gasteiger charge is 2.08. The van der Waals surface area contributed by atoms with Gasteiger partial charge in [-0.1, -0.05) is 27.7 Å². The largest absolute Gasteiger partial charge is 0.295 e. The fourth-order valence-corrected chi connectivity index (χ4v) is 1.97. The van der Waals surface area contributed by atoms with Crippen LogP contribution in [0.5, 0.6) is 0 Å². The molecule has 82 valence electrons. The Morgan fingerprint density at radius 2 is 2.07 bits per heavy atom. The standard InChI is InChI=1S/C12H17NOS/c1-8(2)11(14)6-5-10-12(9(3)4)15-7-13-10/h5-9H,1-4H3/b6-5+. The fourth-order valence-electron chi connectivity index (χ4n) is 1.17. The first-order valence-electron chi connectivity index (χ1n) is 5.17. The van der Waals surface area contributed by atoms with Crippen molar-refractivity contribution in [3.05, 3.63) is 22.2 Å². The summed E-state index contributed by atoms with van der Waals surface area (Å²) in [5.41, 5.74) is 2.76. The van der Waals surface area contributed by atoms with Gasteiger partial charge in [0, 0.05) is 10.8 Å². The molecule has 3 heteroatoms. The van der Waals surface area contributed by atoms with Gasteiger partial charge in [-0.2, -0.15) is 0 Å². The number of hydrogen-bond donors (Lipinski definition) is 0. The first-order valence-corrected chi connectivity index (χ1v) is 6.05. The highest BCUT2D eigenvalue weighted by atomic mass is 32.1.